The fourth-order valence-corrected chi connectivity index (χ4v) is 2.03. The highest BCUT2D eigenvalue weighted by atomic mass is 16.5. The third-order valence-electron chi connectivity index (χ3n) is 3.02. The summed E-state index contributed by atoms with van der Waals surface area (Å²) >= 11 is 0. The molecule has 0 aromatic heterocycles. The first-order valence-electron chi connectivity index (χ1n) is 4.66. The van der Waals surface area contributed by atoms with Crippen LogP contribution in [0.5, 0.6) is 0 Å². The van der Waals surface area contributed by atoms with Crippen LogP contribution in [-0.2, 0) is 4.74 Å². The van der Waals surface area contributed by atoms with Crippen molar-refractivity contribution in [3.05, 3.63) is 0 Å². The van der Waals surface area contributed by atoms with Crippen molar-refractivity contribution in [2.75, 3.05) is 26.7 Å². The minimum Gasteiger partial charge on any atom is -0.378 e. The smallest absolute Gasteiger partial charge is 0.0626 e. The van der Waals surface area contributed by atoms with E-state index >= 15 is 0 Å². The molecular formula is C9H17NO. The standard InChI is InChI=1S/C9H17NO/c1-10-5-2-8(3-6-10)9-4-7-11-9/h8-9H,2-7H2,1H3. The number of piperidine rings is 1. The second kappa shape index (κ2) is 3.11. The molecule has 0 aliphatic carbocycles. The zero-order chi connectivity index (χ0) is 7.68. The second-order valence-corrected chi connectivity index (χ2v) is 3.84. The summed E-state index contributed by atoms with van der Waals surface area (Å²) in [4.78, 5) is 2.41. The topological polar surface area (TPSA) is 12.5 Å². The average molecular weight is 155 g/mol. The molecule has 0 amide bonds. The molecule has 2 aliphatic heterocycles. The highest BCUT2D eigenvalue weighted by Crippen LogP contribution is 2.28. The molecule has 2 saturated heterocycles. The van der Waals surface area contributed by atoms with Crippen molar-refractivity contribution in [3.63, 3.8) is 0 Å². The molecule has 2 fully saturated rings. The molecule has 0 radical (unpaired) electrons. The van der Waals surface area contributed by atoms with Crippen molar-refractivity contribution in [2.45, 2.75) is 25.4 Å². The van der Waals surface area contributed by atoms with Crippen molar-refractivity contribution in [1.29, 1.82) is 0 Å². The Hall–Kier alpha value is -0.0800. The molecule has 2 heterocycles. The van der Waals surface area contributed by atoms with Gasteiger partial charge >= 0.3 is 0 Å². The summed E-state index contributed by atoms with van der Waals surface area (Å²) < 4.78 is 5.49. The Morgan fingerprint density at radius 3 is 2.27 bits per heavy atom. The maximum Gasteiger partial charge on any atom is 0.0626 e. The van der Waals surface area contributed by atoms with E-state index in [-0.39, 0.29) is 0 Å². The number of nitrogens with zero attached hydrogens (tertiary/aromatic N) is 1. The monoisotopic (exact) mass is 155 g/mol. The van der Waals surface area contributed by atoms with Crippen LogP contribution in [0.25, 0.3) is 0 Å². The van der Waals surface area contributed by atoms with Crippen LogP contribution in [0.4, 0.5) is 0 Å². The van der Waals surface area contributed by atoms with E-state index in [2.05, 4.69) is 11.9 Å². The molecule has 2 rings (SSSR count). The molecule has 64 valence electrons. The van der Waals surface area contributed by atoms with Gasteiger partial charge in [-0.25, -0.2) is 0 Å². The van der Waals surface area contributed by atoms with E-state index in [1.54, 1.807) is 0 Å². The van der Waals surface area contributed by atoms with Gasteiger partial charge in [-0.15, -0.1) is 0 Å². The summed E-state index contributed by atoms with van der Waals surface area (Å²) in [5.74, 6) is 0.875. The molecule has 11 heavy (non-hydrogen) atoms. The van der Waals surface area contributed by atoms with Crippen LogP contribution in [-0.4, -0.2) is 37.7 Å². The summed E-state index contributed by atoms with van der Waals surface area (Å²) in [7, 11) is 2.21. The van der Waals surface area contributed by atoms with Gasteiger partial charge in [-0.2, -0.15) is 0 Å². The minimum absolute atomic E-state index is 0.628. The highest BCUT2D eigenvalue weighted by molar-refractivity contribution is 4.80. The molecule has 2 heteroatoms. The van der Waals surface area contributed by atoms with Gasteiger partial charge in [0.15, 0.2) is 0 Å². The van der Waals surface area contributed by atoms with Crippen molar-refractivity contribution in [3.8, 4) is 0 Å². The molecule has 1 unspecified atom stereocenters. The van der Waals surface area contributed by atoms with Gasteiger partial charge in [0, 0.05) is 6.61 Å². The van der Waals surface area contributed by atoms with Crippen molar-refractivity contribution >= 4 is 0 Å². The lowest BCUT2D eigenvalue weighted by Crippen LogP contribution is -2.41. The Labute approximate surface area is 68.5 Å². The molecule has 0 saturated carbocycles. The van der Waals surface area contributed by atoms with Gasteiger partial charge < -0.3 is 9.64 Å². The van der Waals surface area contributed by atoms with Crippen LogP contribution in [0.3, 0.4) is 0 Å². The maximum atomic E-state index is 5.49. The number of rotatable bonds is 1. The van der Waals surface area contributed by atoms with Crippen LogP contribution in [0, 0.1) is 5.92 Å². The van der Waals surface area contributed by atoms with Gasteiger partial charge in [0.05, 0.1) is 6.10 Å². The highest BCUT2D eigenvalue weighted by Gasteiger charge is 2.30. The first-order chi connectivity index (χ1) is 5.36. The van der Waals surface area contributed by atoms with Gasteiger partial charge in [-0.05, 0) is 45.3 Å². The number of hydrogen-bond acceptors (Lipinski definition) is 2. The van der Waals surface area contributed by atoms with Crippen LogP contribution in [0.1, 0.15) is 19.3 Å². The largest absolute Gasteiger partial charge is 0.378 e. The maximum absolute atomic E-state index is 5.49. The van der Waals surface area contributed by atoms with Gasteiger partial charge in [-0.1, -0.05) is 0 Å². The molecule has 0 bridgehead atoms. The molecule has 1 atom stereocenters. The minimum atomic E-state index is 0.628. The average Bonchev–Trinajstić information content (AvgIpc) is 1.90. The van der Waals surface area contributed by atoms with Gasteiger partial charge in [-0.3, -0.25) is 0 Å². The Morgan fingerprint density at radius 1 is 1.18 bits per heavy atom. The van der Waals surface area contributed by atoms with Gasteiger partial charge in [0.2, 0.25) is 0 Å². The SMILES string of the molecule is CN1CCC(C2CCO2)CC1. The van der Waals surface area contributed by atoms with E-state index in [1.165, 1.54) is 32.4 Å². The summed E-state index contributed by atoms with van der Waals surface area (Å²) in [5.41, 5.74) is 0. The zero-order valence-electron chi connectivity index (χ0n) is 7.25. The number of likely N-dealkylation sites (tertiary alicyclic amines) is 1. The number of hydrogen-bond donors (Lipinski definition) is 0. The lowest BCUT2D eigenvalue weighted by molar-refractivity contribution is -0.0955. The van der Waals surface area contributed by atoms with Crippen LogP contribution in [0.15, 0.2) is 0 Å². The Balaban J connectivity index is 1.77. The molecule has 0 aromatic carbocycles. The normalized spacial score (nSPS) is 35.2. The van der Waals surface area contributed by atoms with Crippen molar-refractivity contribution in [1.82, 2.24) is 4.90 Å². The lowest BCUT2D eigenvalue weighted by atomic mass is 9.88. The Kier molecular flexibility index (Phi) is 2.14. The molecule has 2 aliphatic rings. The number of ether oxygens (including phenoxy) is 1. The zero-order valence-corrected chi connectivity index (χ0v) is 7.25. The summed E-state index contributed by atoms with van der Waals surface area (Å²) in [6.07, 6.45) is 4.64. The fraction of sp³-hybridized carbons (Fsp3) is 1.00. The Bertz CT molecular complexity index is 126. The second-order valence-electron chi connectivity index (χ2n) is 3.84. The first kappa shape index (κ1) is 7.56. The molecule has 0 aromatic rings. The van der Waals surface area contributed by atoms with Gasteiger partial charge in [0.25, 0.3) is 0 Å². The third-order valence-corrected chi connectivity index (χ3v) is 3.02. The molecule has 0 N–H and O–H groups in total. The van der Waals surface area contributed by atoms with E-state index < -0.39 is 0 Å². The molecular weight excluding hydrogens is 138 g/mol. The Morgan fingerprint density at radius 2 is 1.82 bits per heavy atom. The van der Waals surface area contributed by atoms with Crippen molar-refractivity contribution < 1.29 is 4.74 Å². The van der Waals surface area contributed by atoms with E-state index in [0.29, 0.717) is 6.10 Å². The fourth-order valence-electron chi connectivity index (χ4n) is 2.03. The van der Waals surface area contributed by atoms with Crippen LogP contribution in [0.2, 0.25) is 0 Å². The van der Waals surface area contributed by atoms with E-state index in [1.807, 2.05) is 0 Å². The first-order valence-corrected chi connectivity index (χ1v) is 4.66. The quantitative estimate of drug-likeness (QED) is 0.562. The predicted octanol–water partition coefficient (Wildman–Crippen LogP) is 1.12. The van der Waals surface area contributed by atoms with E-state index in [9.17, 15) is 0 Å². The van der Waals surface area contributed by atoms with E-state index in [4.69, 9.17) is 4.74 Å². The van der Waals surface area contributed by atoms with Gasteiger partial charge in [0.1, 0.15) is 0 Å². The summed E-state index contributed by atoms with van der Waals surface area (Å²) in [5, 5.41) is 0. The third kappa shape index (κ3) is 1.57. The van der Waals surface area contributed by atoms with Crippen molar-refractivity contribution in [2.24, 2.45) is 5.92 Å². The molecule has 2 nitrogen and oxygen atoms in total. The van der Waals surface area contributed by atoms with Crippen LogP contribution >= 0.6 is 0 Å². The lowest BCUT2D eigenvalue weighted by Gasteiger charge is -2.38. The van der Waals surface area contributed by atoms with E-state index in [0.717, 1.165) is 12.5 Å². The molecule has 0 spiro atoms. The summed E-state index contributed by atoms with van der Waals surface area (Å²) in [6.45, 7) is 3.55. The van der Waals surface area contributed by atoms with Crippen LogP contribution < -0.4 is 0 Å². The predicted molar refractivity (Wildman–Crippen MR) is 44.6 cm³/mol. The summed E-state index contributed by atoms with van der Waals surface area (Å²) in [6, 6.07) is 0.